The summed E-state index contributed by atoms with van der Waals surface area (Å²) in [6, 6.07) is 12.0. The van der Waals surface area contributed by atoms with Gasteiger partial charge in [0, 0.05) is 21.2 Å². The number of hydrogen-bond donors (Lipinski definition) is 2. The van der Waals surface area contributed by atoms with E-state index < -0.39 is 0 Å². The SMILES string of the molecule is COc1ccc(Br)cc1CCNC(=S)Nc1ccc(Br)c(C)c1. The van der Waals surface area contributed by atoms with Gasteiger partial charge in [-0.25, -0.2) is 0 Å². The maximum Gasteiger partial charge on any atom is 0.170 e. The van der Waals surface area contributed by atoms with E-state index in [0.29, 0.717) is 5.11 Å². The molecule has 2 aromatic rings. The quantitative estimate of drug-likeness (QED) is 0.615. The van der Waals surface area contributed by atoms with Gasteiger partial charge in [0.05, 0.1) is 7.11 Å². The van der Waals surface area contributed by atoms with Crippen molar-refractivity contribution in [3.8, 4) is 5.75 Å². The van der Waals surface area contributed by atoms with E-state index in [2.05, 4.69) is 54.6 Å². The Morgan fingerprint density at radius 1 is 1.17 bits per heavy atom. The number of nitrogens with one attached hydrogen (secondary N) is 2. The molecule has 0 aromatic heterocycles. The monoisotopic (exact) mass is 456 g/mol. The summed E-state index contributed by atoms with van der Waals surface area (Å²) in [5, 5.41) is 7.03. The number of hydrogen-bond acceptors (Lipinski definition) is 2. The molecular formula is C17H18Br2N2OS. The first-order valence-corrected chi connectivity index (χ1v) is 9.12. The normalized spacial score (nSPS) is 10.3. The summed E-state index contributed by atoms with van der Waals surface area (Å²) in [6.45, 7) is 2.78. The van der Waals surface area contributed by atoms with Crippen molar-refractivity contribution in [3.05, 3.63) is 56.5 Å². The van der Waals surface area contributed by atoms with Gasteiger partial charge in [-0.2, -0.15) is 0 Å². The number of thiocarbonyl (C=S) groups is 1. The van der Waals surface area contributed by atoms with Crippen molar-refractivity contribution >= 4 is 54.9 Å². The highest BCUT2D eigenvalue weighted by molar-refractivity contribution is 9.10. The first-order valence-electron chi connectivity index (χ1n) is 7.13. The van der Waals surface area contributed by atoms with Gasteiger partial charge in [-0.15, -0.1) is 0 Å². The average molecular weight is 458 g/mol. The lowest BCUT2D eigenvalue weighted by atomic mass is 10.1. The average Bonchev–Trinajstić information content (AvgIpc) is 2.51. The van der Waals surface area contributed by atoms with Crippen molar-refractivity contribution in [2.45, 2.75) is 13.3 Å². The first-order chi connectivity index (χ1) is 11.0. The van der Waals surface area contributed by atoms with E-state index in [1.165, 1.54) is 0 Å². The molecular weight excluding hydrogens is 440 g/mol. The third-order valence-electron chi connectivity index (χ3n) is 3.34. The summed E-state index contributed by atoms with van der Waals surface area (Å²) in [4.78, 5) is 0. The predicted octanol–water partition coefficient (Wildman–Crippen LogP) is 5.06. The third kappa shape index (κ3) is 5.48. The van der Waals surface area contributed by atoms with Crippen molar-refractivity contribution in [2.75, 3.05) is 19.0 Å². The van der Waals surface area contributed by atoms with Gasteiger partial charge in [-0.3, -0.25) is 0 Å². The lowest BCUT2D eigenvalue weighted by Gasteiger charge is -2.13. The van der Waals surface area contributed by atoms with Crippen LogP contribution in [0.3, 0.4) is 0 Å². The van der Waals surface area contributed by atoms with Crippen LogP contribution in [0.25, 0.3) is 0 Å². The molecule has 0 saturated heterocycles. The minimum Gasteiger partial charge on any atom is -0.496 e. The fraction of sp³-hybridized carbons (Fsp3) is 0.235. The Balaban J connectivity index is 1.87. The summed E-state index contributed by atoms with van der Waals surface area (Å²) in [7, 11) is 1.68. The van der Waals surface area contributed by atoms with Crippen LogP contribution in [0.4, 0.5) is 5.69 Å². The highest BCUT2D eigenvalue weighted by atomic mass is 79.9. The molecule has 0 aliphatic carbocycles. The molecule has 23 heavy (non-hydrogen) atoms. The molecule has 0 spiro atoms. The molecule has 0 aliphatic rings. The van der Waals surface area contributed by atoms with Gasteiger partial charge >= 0.3 is 0 Å². The van der Waals surface area contributed by atoms with E-state index >= 15 is 0 Å². The Kier molecular flexibility index (Phi) is 6.87. The van der Waals surface area contributed by atoms with E-state index in [1.54, 1.807) is 7.11 Å². The maximum atomic E-state index is 5.38. The second-order valence-electron chi connectivity index (χ2n) is 5.05. The van der Waals surface area contributed by atoms with Crippen LogP contribution in [0, 0.1) is 6.92 Å². The Bertz CT molecular complexity index is 707. The Labute approximate surface area is 159 Å². The van der Waals surface area contributed by atoms with Crippen molar-refractivity contribution in [2.24, 2.45) is 0 Å². The molecule has 0 heterocycles. The summed E-state index contributed by atoms with van der Waals surface area (Å²) < 4.78 is 7.50. The number of rotatable bonds is 5. The van der Waals surface area contributed by atoms with Crippen LogP contribution in [0.1, 0.15) is 11.1 Å². The molecule has 2 aromatic carbocycles. The highest BCUT2D eigenvalue weighted by Crippen LogP contribution is 2.23. The fourth-order valence-electron chi connectivity index (χ4n) is 2.15. The largest absolute Gasteiger partial charge is 0.496 e. The topological polar surface area (TPSA) is 33.3 Å². The highest BCUT2D eigenvalue weighted by Gasteiger charge is 2.05. The predicted molar refractivity (Wildman–Crippen MR) is 108 cm³/mol. The Morgan fingerprint density at radius 2 is 1.96 bits per heavy atom. The molecule has 0 amide bonds. The van der Waals surface area contributed by atoms with Crippen LogP contribution < -0.4 is 15.4 Å². The molecule has 2 rings (SSSR count). The van der Waals surface area contributed by atoms with E-state index in [4.69, 9.17) is 17.0 Å². The first kappa shape index (κ1) is 18.2. The van der Waals surface area contributed by atoms with Gasteiger partial charge in [-0.05, 0) is 73.1 Å². The lowest BCUT2D eigenvalue weighted by Crippen LogP contribution is -2.30. The molecule has 0 saturated carbocycles. The molecule has 6 heteroatoms. The molecule has 0 unspecified atom stereocenters. The van der Waals surface area contributed by atoms with Crippen molar-refractivity contribution in [1.82, 2.24) is 5.32 Å². The molecule has 2 N–H and O–H groups in total. The number of halogens is 2. The molecule has 0 bridgehead atoms. The molecule has 0 radical (unpaired) electrons. The zero-order valence-electron chi connectivity index (χ0n) is 13.0. The zero-order chi connectivity index (χ0) is 16.8. The van der Waals surface area contributed by atoms with Gasteiger partial charge < -0.3 is 15.4 Å². The summed E-state index contributed by atoms with van der Waals surface area (Å²) in [5.74, 6) is 0.886. The van der Waals surface area contributed by atoms with Gasteiger partial charge in [0.15, 0.2) is 5.11 Å². The van der Waals surface area contributed by atoms with Crippen molar-refractivity contribution in [1.29, 1.82) is 0 Å². The smallest absolute Gasteiger partial charge is 0.170 e. The number of aryl methyl sites for hydroxylation is 1. The standard InChI is InChI=1S/C17H18Br2N2OS/c1-11-9-14(4-5-15(11)19)21-17(23)20-8-7-12-10-13(18)3-6-16(12)22-2/h3-6,9-10H,7-8H2,1-2H3,(H2,20,21,23). The van der Waals surface area contributed by atoms with Crippen molar-refractivity contribution in [3.63, 3.8) is 0 Å². The third-order valence-corrected chi connectivity index (χ3v) is 4.97. The zero-order valence-corrected chi connectivity index (χ0v) is 16.9. The Hall–Kier alpha value is -1.11. The fourth-order valence-corrected chi connectivity index (χ4v) is 3.03. The van der Waals surface area contributed by atoms with Crippen LogP contribution in [-0.2, 0) is 6.42 Å². The second-order valence-corrected chi connectivity index (χ2v) is 7.23. The maximum absolute atomic E-state index is 5.38. The van der Waals surface area contributed by atoms with E-state index in [0.717, 1.165) is 44.5 Å². The van der Waals surface area contributed by atoms with E-state index in [-0.39, 0.29) is 0 Å². The summed E-state index contributed by atoms with van der Waals surface area (Å²) in [5.41, 5.74) is 3.27. The van der Waals surface area contributed by atoms with Crippen LogP contribution >= 0.6 is 44.1 Å². The molecule has 0 fully saturated rings. The minimum atomic E-state index is 0.612. The van der Waals surface area contributed by atoms with Gasteiger partial charge in [0.25, 0.3) is 0 Å². The van der Waals surface area contributed by atoms with Crippen molar-refractivity contribution < 1.29 is 4.74 Å². The number of benzene rings is 2. The van der Waals surface area contributed by atoms with Crippen LogP contribution in [-0.4, -0.2) is 18.8 Å². The molecule has 0 atom stereocenters. The van der Waals surface area contributed by atoms with Gasteiger partial charge in [0.2, 0.25) is 0 Å². The molecule has 3 nitrogen and oxygen atoms in total. The van der Waals surface area contributed by atoms with Gasteiger partial charge in [0.1, 0.15) is 5.75 Å². The molecule has 122 valence electrons. The van der Waals surface area contributed by atoms with Crippen LogP contribution in [0.5, 0.6) is 5.75 Å². The lowest BCUT2D eigenvalue weighted by molar-refractivity contribution is 0.409. The Morgan fingerprint density at radius 3 is 2.65 bits per heavy atom. The van der Waals surface area contributed by atoms with Gasteiger partial charge in [-0.1, -0.05) is 31.9 Å². The summed E-state index contributed by atoms with van der Waals surface area (Å²) in [6.07, 6.45) is 0.823. The second kappa shape index (κ2) is 8.66. The number of methoxy groups -OCH3 is 1. The number of anilines is 1. The number of ether oxygens (including phenoxy) is 1. The van der Waals surface area contributed by atoms with E-state index in [1.807, 2.05) is 31.2 Å². The molecule has 0 aliphatic heterocycles. The van der Waals surface area contributed by atoms with Crippen LogP contribution in [0.2, 0.25) is 0 Å². The summed E-state index contributed by atoms with van der Waals surface area (Å²) >= 11 is 12.3. The van der Waals surface area contributed by atoms with Crippen LogP contribution in [0.15, 0.2) is 45.3 Å². The minimum absolute atomic E-state index is 0.612. The van der Waals surface area contributed by atoms with E-state index in [9.17, 15) is 0 Å².